The van der Waals surface area contributed by atoms with Crippen LogP contribution in [0.5, 0.6) is 11.5 Å². The van der Waals surface area contributed by atoms with Crippen molar-refractivity contribution < 1.29 is 24.5 Å². The monoisotopic (exact) mass is 295 g/mol. The van der Waals surface area contributed by atoms with E-state index < -0.39 is 5.97 Å². The summed E-state index contributed by atoms with van der Waals surface area (Å²) in [5.41, 5.74) is 0.982. The van der Waals surface area contributed by atoms with Gasteiger partial charge in [0.15, 0.2) is 11.5 Å². The van der Waals surface area contributed by atoms with E-state index in [-0.39, 0.29) is 19.1 Å². The van der Waals surface area contributed by atoms with Crippen LogP contribution in [-0.4, -0.2) is 48.6 Å². The topological polar surface area (TPSA) is 88.0 Å². The minimum atomic E-state index is -0.861. The van der Waals surface area contributed by atoms with Crippen LogP contribution >= 0.6 is 0 Å². The van der Waals surface area contributed by atoms with E-state index in [1.54, 1.807) is 0 Å². The molecule has 0 saturated heterocycles. The number of nitrogens with one attached hydrogen (secondary N) is 1. The van der Waals surface area contributed by atoms with Gasteiger partial charge in [-0.2, -0.15) is 0 Å². The predicted octanol–water partition coefficient (Wildman–Crippen LogP) is 0.816. The van der Waals surface area contributed by atoms with Crippen LogP contribution in [0.3, 0.4) is 0 Å². The highest BCUT2D eigenvalue weighted by Gasteiger charge is 2.16. The molecule has 21 heavy (non-hydrogen) atoms. The van der Waals surface area contributed by atoms with Crippen molar-refractivity contribution >= 4 is 5.97 Å². The fraction of sp³-hybridized carbons (Fsp3) is 0.533. The number of hydrogen-bond donors (Lipinski definition) is 3. The number of fused-ring (bicyclic) bond motifs is 1. The number of aliphatic hydroxyl groups is 1. The van der Waals surface area contributed by atoms with Gasteiger partial charge in [-0.05, 0) is 24.1 Å². The molecule has 1 atom stereocenters. The number of carboxylic acid groups (broad SMARTS) is 1. The summed E-state index contributed by atoms with van der Waals surface area (Å²) in [4.78, 5) is 10.9. The first-order valence-electron chi connectivity index (χ1n) is 7.13. The van der Waals surface area contributed by atoms with Crippen LogP contribution < -0.4 is 14.8 Å². The van der Waals surface area contributed by atoms with E-state index in [0.717, 1.165) is 17.7 Å². The second-order valence-corrected chi connectivity index (χ2v) is 5.01. The van der Waals surface area contributed by atoms with Crippen LogP contribution in [0.15, 0.2) is 18.2 Å². The van der Waals surface area contributed by atoms with Crippen molar-refractivity contribution in [3.05, 3.63) is 23.8 Å². The number of hydrogen-bond acceptors (Lipinski definition) is 5. The van der Waals surface area contributed by atoms with Gasteiger partial charge in [-0.3, -0.25) is 4.79 Å². The molecule has 1 aromatic rings. The molecule has 1 unspecified atom stereocenters. The van der Waals surface area contributed by atoms with E-state index >= 15 is 0 Å². The number of carboxylic acids is 1. The molecule has 6 nitrogen and oxygen atoms in total. The quantitative estimate of drug-likeness (QED) is 0.690. The van der Waals surface area contributed by atoms with E-state index in [4.69, 9.17) is 19.7 Å². The number of ether oxygens (including phenoxy) is 2. The molecule has 0 aromatic heterocycles. The van der Waals surface area contributed by atoms with Gasteiger partial charge in [0.25, 0.3) is 0 Å². The first-order valence-corrected chi connectivity index (χ1v) is 7.13. The Morgan fingerprint density at radius 1 is 1.29 bits per heavy atom. The highest BCUT2D eigenvalue weighted by molar-refractivity contribution is 5.67. The average molecular weight is 295 g/mol. The Balaban J connectivity index is 2.05. The van der Waals surface area contributed by atoms with E-state index in [9.17, 15) is 4.79 Å². The van der Waals surface area contributed by atoms with E-state index in [1.165, 1.54) is 0 Å². The summed E-state index contributed by atoms with van der Waals surface area (Å²) in [6.07, 6.45) is 1.42. The summed E-state index contributed by atoms with van der Waals surface area (Å²) in [7, 11) is 0. The van der Waals surface area contributed by atoms with Gasteiger partial charge in [0, 0.05) is 19.0 Å². The van der Waals surface area contributed by atoms with Gasteiger partial charge in [0.05, 0.1) is 26.2 Å². The zero-order chi connectivity index (χ0) is 15.1. The summed E-state index contributed by atoms with van der Waals surface area (Å²) < 4.78 is 11.2. The molecule has 116 valence electrons. The Kier molecular flexibility index (Phi) is 5.83. The summed E-state index contributed by atoms with van der Waals surface area (Å²) >= 11 is 0. The molecule has 6 heteroatoms. The first-order chi connectivity index (χ1) is 10.2. The molecule has 3 N–H and O–H groups in total. The smallest absolute Gasteiger partial charge is 0.304 e. The SMILES string of the molecule is O=C(O)CC(Cc1ccc2c(c1)OCCCO2)NCCO. The molecule has 0 bridgehead atoms. The largest absolute Gasteiger partial charge is 0.490 e. The maximum Gasteiger partial charge on any atom is 0.304 e. The standard InChI is InChI=1S/C15H21NO5/c17-5-4-16-12(10-15(18)19)8-11-2-3-13-14(9-11)21-7-1-6-20-13/h2-3,9,12,16-17H,1,4-8,10H2,(H,18,19). The van der Waals surface area contributed by atoms with Crippen LogP contribution in [0.25, 0.3) is 0 Å². The fourth-order valence-corrected chi connectivity index (χ4v) is 2.32. The Morgan fingerprint density at radius 2 is 2.05 bits per heavy atom. The molecule has 1 aliphatic heterocycles. The van der Waals surface area contributed by atoms with Gasteiger partial charge in [-0.25, -0.2) is 0 Å². The van der Waals surface area contributed by atoms with Crippen molar-refractivity contribution in [2.75, 3.05) is 26.4 Å². The molecule has 1 aliphatic rings. The zero-order valence-corrected chi connectivity index (χ0v) is 11.9. The summed E-state index contributed by atoms with van der Waals surface area (Å²) in [6.45, 7) is 1.63. The van der Waals surface area contributed by atoms with Gasteiger partial charge in [-0.15, -0.1) is 0 Å². The second-order valence-electron chi connectivity index (χ2n) is 5.01. The first kappa shape index (κ1) is 15.6. The van der Waals surface area contributed by atoms with Crippen molar-refractivity contribution in [1.29, 1.82) is 0 Å². The third-order valence-electron chi connectivity index (χ3n) is 3.26. The van der Waals surface area contributed by atoms with Crippen molar-refractivity contribution in [2.24, 2.45) is 0 Å². The van der Waals surface area contributed by atoms with Gasteiger partial charge in [-0.1, -0.05) is 6.07 Å². The van der Waals surface area contributed by atoms with Crippen LogP contribution in [0, 0.1) is 0 Å². The molecule has 0 radical (unpaired) electrons. The lowest BCUT2D eigenvalue weighted by Crippen LogP contribution is -2.35. The highest BCUT2D eigenvalue weighted by Crippen LogP contribution is 2.30. The Hall–Kier alpha value is -1.79. The molecule has 0 amide bonds. The lowest BCUT2D eigenvalue weighted by atomic mass is 10.0. The van der Waals surface area contributed by atoms with E-state index in [0.29, 0.717) is 31.9 Å². The minimum Gasteiger partial charge on any atom is -0.490 e. The van der Waals surface area contributed by atoms with E-state index in [2.05, 4.69) is 5.32 Å². The van der Waals surface area contributed by atoms with Crippen LogP contribution in [0.1, 0.15) is 18.4 Å². The Labute approximate surface area is 123 Å². The molecule has 0 fully saturated rings. The molecule has 0 aliphatic carbocycles. The second kappa shape index (κ2) is 7.85. The van der Waals surface area contributed by atoms with Crippen molar-refractivity contribution in [3.8, 4) is 11.5 Å². The highest BCUT2D eigenvalue weighted by atomic mass is 16.5. The molecule has 0 spiro atoms. The number of carbonyl (C=O) groups is 1. The normalized spacial score (nSPS) is 15.3. The van der Waals surface area contributed by atoms with Gasteiger partial charge in [0.2, 0.25) is 0 Å². The summed E-state index contributed by atoms with van der Waals surface area (Å²) in [6, 6.07) is 5.46. The zero-order valence-electron chi connectivity index (χ0n) is 11.9. The molecular weight excluding hydrogens is 274 g/mol. The number of benzene rings is 1. The number of aliphatic carboxylic acids is 1. The van der Waals surface area contributed by atoms with Crippen LogP contribution in [0.2, 0.25) is 0 Å². The fourth-order valence-electron chi connectivity index (χ4n) is 2.32. The molecule has 2 rings (SSSR count). The van der Waals surface area contributed by atoms with Crippen LogP contribution in [-0.2, 0) is 11.2 Å². The lowest BCUT2D eigenvalue weighted by molar-refractivity contribution is -0.137. The molecule has 0 saturated carbocycles. The Morgan fingerprint density at radius 3 is 2.76 bits per heavy atom. The van der Waals surface area contributed by atoms with Gasteiger partial charge < -0.3 is 25.0 Å². The van der Waals surface area contributed by atoms with Gasteiger partial charge >= 0.3 is 5.97 Å². The number of rotatable bonds is 7. The molecule has 1 heterocycles. The van der Waals surface area contributed by atoms with Crippen molar-refractivity contribution in [3.63, 3.8) is 0 Å². The predicted molar refractivity (Wildman–Crippen MR) is 76.9 cm³/mol. The minimum absolute atomic E-state index is 0.00837. The summed E-state index contributed by atoms with van der Waals surface area (Å²) in [5.74, 6) is 0.579. The van der Waals surface area contributed by atoms with E-state index in [1.807, 2.05) is 18.2 Å². The van der Waals surface area contributed by atoms with Gasteiger partial charge in [0.1, 0.15) is 0 Å². The van der Waals surface area contributed by atoms with Crippen molar-refractivity contribution in [1.82, 2.24) is 5.32 Å². The Bertz CT molecular complexity index is 477. The lowest BCUT2D eigenvalue weighted by Gasteiger charge is -2.17. The number of aliphatic hydroxyl groups excluding tert-OH is 1. The average Bonchev–Trinajstić information content (AvgIpc) is 2.69. The maximum atomic E-state index is 10.9. The maximum absolute atomic E-state index is 10.9. The third-order valence-corrected chi connectivity index (χ3v) is 3.26. The molecular formula is C15H21NO5. The van der Waals surface area contributed by atoms with Crippen LogP contribution in [0.4, 0.5) is 0 Å². The van der Waals surface area contributed by atoms with Crippen molar-refractivity contribution in [2.45, 2.75) is 25.3 Å². The summed E-state index contributed by atoms with van der Waals surface area (Å²) in [5, 5.41) is 20.8. The molecule has 1 aromatic carbocycles. The third kappa shape index (κ3) is 4.91.